The Hall–Kier alpha value is -2.71. The Labute approximate surface area is 157 Å². The first-order valence-corrected chi connectivity index (χ1v) is 9.70. The summed E-state index contributed by atoms with van der Waals surface area (Å²) in [5.74, 6) is 0.709. The maximum atomic E-state index is 13.4. The van der Waals surface area contributed by atoms with Crippen LogP contribution < -0.4 is 9.46 Å². The molecule has 3 rings (SSSR count). The number of aryl methyl sites for hydroxylation is 2. The summed E-state index contributed by atoms with van der Waals surface area (Å²) < 4.78 is 48.9. The number of nitrogens with one attached hydrogen (secondary N) is 1. The van der Waals surface area contributed by atoms with Crippen molar-refractivity contribution in [3.63, 3.8) is 0 Å². The summed E-state index contributed by atoms with van der Waals surface area (Å²) in [4.78, 5) is 4.32. The minimum absolute atomic E-state index is 0.0246. The number of ether oxygens (including phenoxy) is 1. The van der Waals surface area contributed by atoms with Gasteiger partial charge < -0.3 is 9.30 Å². The Kier molecular flexibility index (Phi) is 5.29. The van der Waals surface area contributed by atoms with Gasteiger partial charge in [0.1, 0.15) is 23.4 Å². The molecule has 1 unspecified atom stereocenters. The van der Waals surface area contributed by atoms with Gasteiger partial charge in [0.25, 0.3) is 0 Å². The third-order valence-electron chi connectivity index (χ3n) is 4.27. The van der Waals surface area contributed by atoms with E-state index in [9.17, 15) is 12.8 Å². The van der Waals surface area contributed by atoms with Gasteiger partial charge in [-0.2, -0.15) is 4.72 Å². The molecule has 1 heterocycles. The first kappa shape index (κ1) is 19.1. The zero-order valence-corrected chi connectivity index (χ0v) is 16.0. The van der Waals surface area contributed by atoms with Crippen molar-refractivity contribution in [2.24, 2.45) is 7.05 Å². The Morgan fingerprint density at radius 2 is 1.89 bits per heavy atom. The monoisotopic (exact) mass is 389 g/mol. The van der Waals surface area contributed by atoms with Crippen molar-refractivity contribution in [2.75, 3.05) is 7.11 Å². The molecule has 0 aliphatic carbocycles. The molecule has 1 N–H and O–H groups in total. The molecule has 1 aromatic heterocycles. The van der Waals surface area contributed by atoms with E-state index >= 15 is 0 Å². The summed E-state index contributed by atoms with van der Waals surface area (Å²) in [6, 6.07) is 9.92. The van der Waals surface area contributed by atoms with Crippen LogP contribution in [0.4, 0.5) is 4.39 Å². The number of nitrogens with zero attached hydrogens (tertiary/aromatic N) is 2. The number of sulfonamides is 1. The number of benzene rings is 2. The molecule has 0 radical (unpaired) electrons. The lowest BCUT2D eigenvalue weighted by Gasteiger charge is -2.20. The lowest BCUT2D eigenvalue weighted by molar-refractivity contribution is 0.414. The molecule has 0 amide bonds. The van der Waals surface area contributed by atoms with Crippen molar-refractivity contribution in [2.45, 2.75) is 17.9 Å². The second kappa shape index (κ2) is 7.50. The molecule has 0 spiro atoms. The van der Waals surface area contributed by atoms with E-state index in [-0.39, 0.29) is 4.90 Å². The highest BCUT2D eigenvalue weighted by atomic mass is 32.2. The number of hydrogen-bond donors (Lipinski definition) is 1. The van der Waals surface area contributed by atoms with Gasteiger partial charge in [0.05, 0.1) is 12.0 Å². The highest BCUT2D eigenvalue weighted by molar-refractivity contribution is 7.89. The minimum Gasteiger partial charge on any atom is -0.497 e. The normalized spacial score (nSPS) is 12.7. The Bertz CT molecular complexity index is 1050. The van der Waals surface area contributed by atoms with Crippen LogP contribution in [0.2, 0.25) is 0 Å². The molecular weight excluding hydrogens is 369 g/mol. The fraction of sp³-hybridized carbons (Fsp3) is 0.211. The third-order valence-corrected chi connectivity index (χ3v) is 5.85. The van der Waals surface area contributed by atoms with Crippen molar-refractivity contribution in [1.82, 2.24) is 14.3 Å². The average Bonchev–Trinajstić information content (AvgIpc) is 3.05. The van der Waals surface area contributed by atoms with Crippen molar-refractivity contribution >= 4 is 10.0 Å². The van der Waals surface area contributed by atoms with Crippen molar-refractivity contribution in [3.8, 4) is 5.75 Å². The van der Waals surface area contributed by atoms with E-state index in [2.05, 4.69) is 9.71 Å². The van der Waals surface area contributed by atoms with E-state index in [0.29, 0.717) is 22.7 Å². The summed E-state index contributed by atoms with van der Waals surface area (Å²) in [5.41, 5.74) is 1.03. The second-order valence-corrected chi connectivity index (χ2v) is 7.82. The van der Waals surface area contributed by atoms with Gasteiger partial charge >= 0.3 is 0 Å². The lowest BCUT2D eigenvalue weighted by Crippen LogP contribution is -2.31. The number of halogens is 1. The molecule has 27 heavy (non-hydrogen) atoms. The van der Waals surface area contributed by atoms with Crippen LogP contribution >= 0.6 is 0 Å². The molecule has 142 valence electrons. The van der Waals surface area contributed by atoms with Gasteiger partial charge in [0.2, 0.25) is 10.0 Å². The Morgan fingerprint density at radius 3 is 2.44 bits per heavy atom. The van der Waals surface area contributed by atoms with Crippen LogP contribution in [0.15, 0.2) is 59.8 Å². The summed E-state index contributed by atoms with van der Waals surface area (Å²) in [6.07, 6.45) is 3.34. The maximum absolute atomic E-state index is 13.4. The minimum atomic E-state index is -3.91. The molecule has 6 nitrogen and oxygen atoms in total. The molecule has 1 atom stereocenters. The zero-order chi connectivity index (χ0) is 19.6. The van der Waals surface area contributed by atoms with Crippen LogP contribution in [-0.4, -0.2) is 25.1 Å². The molecule has 8 heteroatoms. The Balaban J connectivity index is 2.04. The lowest BCUT2D eigenvalue weighted by atomic mass is 10.1. The van der Waals surface area contributed by atoms with Gasteiger partial charge in [-0.25, -0.2) is 17.8 Å². The number of aromatic nitrogens is 2. The Morgan fingerprint density at radius 1 is 1.19 bits per heavy atom. The van der Waals surface area contributed by atoms with Crippen LogP contribution in [0.3, 0.4) is 0 Å². The first-order chi connectivity index (χ1) is 12.8. The van der Waals surface area contributed by atoms with Gasteiger partial charge in [-0.3, -0.25) is 0 Å². The van der Waals surface area contributed by atoms with Gasteiger partial charge in [-0.05, 0) is 48.4 Å². The predicted molar refractivity (Wildman–Crippen MR) is 99.5 cm³/mol. The molecule has 0 aliphatic rings. The van der Waals surface area contributed by atoms with E-state index in [1.54, 1.807) is 62.3 Å². The highest BCUT2D eigenvalue weighted by Gasteiger charge is 2.27. The number of hydrogen-bond acceptors (Lipinski definition) is 4. The van der Waals surface area contributed by atoms with Gasteiger partial charge in [0, 0.05) is 19.4 Å². The number of rotatable bonds is 6. The number of imidazole rings is 1. The fourth-order valence-electron chi connectivity index (χ4n) is 2.85. The molecule has 0 saturated heterocycles. The van der Waals surface area contributed by atoms with Crippen LogP contribution in [0, 0.1) is 12.7 Å². The summed E-state index contributed by atoms with van der Waals surface area (Å²) in [6.45, 7) is 1.56. The van der Waals surface area contributed by atoms with Crippen molar-refractivity contribution in [3.05, 3.63) is 77.6 Å². The molecule has 0 fully saturated rings. The van der Waals surface area contributed by atoms with E-state index < -0.39 is 21.9 Å². The largest absolute Gasteiger partial charge is 0.497 e. The van der Waals surface area contributed by atoms with Gasteiger partial charge in [0.15, 0.2) is 0 Å². The smallest absolute Gasteiger partial charge is 0.241 e. The standard InChI is InChI=1S/C19H20FN3O3S/c1-13-12-15(20)6-9-17(13)27(24,25)22-18(19-21-10-11-23(19)2)14-4-7-16(26-3)8-5-14/h4-12,18,22H,1-3H3. The van der Waals surface area contributed by atoms with E-state index in [1.165, 1.54) is 12.1 Å². The highest BCUT2D eigenvalue weighted by Crippen LogP contribution is 2.26. The maximum Gasteiger partial charge on any atom is 0.241 e. The van der Waals surface area contributed by atoms with Crippen LogP contribution in [0.5, 0.6) is 5.75 Å². The topological polar surface area (TPSA) is 73.2 Å². The van der Waals surface area contributed by atoms with E-state index in [0.717, 1.165) is 6.07 Å². The van der Waals surface area contributed by atoms with E-state index in [4.69, 9.17) is 4.74 Å². The van der Waals surface area contributed by atoms with Crippen LogP contribution in [0.25, 0.3) is 0 Å². The molecule has 0 aliphatic heterocycles. The second-order valence-electron chi connectivity index (χ2n) is 6.13. The molecular formula is C19H20FN3O3S. The third kappa shape index (κ3) is 4.01. The predicted octanol–water partition coefficient (Wildman–Crippen LogP) is 2.94. The molecule has 0 saturated carbocycles. The first-order valence-electron chi connectivity index (χ1n) is 8.21. The van der Waals surface area contributed by atoms with Gasteiger partial charge in [-0.15, -0.1) is 0 Å². The SMILES string of the molecule is COc1ccc(C(NS(=O)(=O)c2ccc(F)cc2C)c2nccn2C)cc1. The quantitative estimate of drug-likeness (QED) is 0.704. The fourth-order valence-corrected chi connectivity index (χ4v) is 4.26. The zero-order valence-electron chi connectivity index (χ0n) is 15.2. The average molecular weight is 389 g/mol. The summed E-state index contributed by atoms with van der Waals surface area (Å²) in [7, 11) is -0.566. The molecule has 2 aromatic carbocycles. The van der Waals surface area contributed by atoms with Crippen molar-refractivity contribution in [1.29, 1.82) is 0 Å². The van der Waals surface area contributed by atoms with Crippen molar-refractivity contribution < 1.29 is 17.5 Å². The number of methoxy groups -OCH3 is 1. The van der Waals surface area contributed by atoms with Crippen LogP contribution in [0.1, 0.15) is 23.0 Å². The molecule has 3 aromatic rings. The van der Waals surface area contributed by atoms with Gasteiger partial charge in [-0.1, -0.05) is 12.1 Å². The van der Waals surface area contributed by atoms with Crippen LogP contribution in [-0.2, 0) is 17.1 Å². The van der Waals surface area contributed by atoms with E-state index in [1.807, 2.05) is 0 Å². The molecule has 0 bridgehead atoms. The summed E-state index contributed by atoms with van der Waals surface area (Å²) in [5, 5.41) is 0. The summed E-state index contributed by atoms with van der Waals surface area (Å²) >= 11 is 0.